The van der Waals surface area contributed by atoms with Gasteiger partial charge in [0.25, 0.3) is 5.91 Å². The van der Waals surface area contributed by atoms with Gasteiger partial charge in [0.15, 0.2) is 0 Å². The molecule has 1 atom stereocenters. The number of anilines is 1. The van der Waals surface area contributed by atoms with E-state index in [1.807, 2.05) is 60.0 Å². The number of nitrogens with one attached hydrogen (secondary N) is 1. The maximum absolute atomic E-state index is 11.9. The number of hydrogen-bond donors (Lipinski definition) is 1. The van der Waals surface area contributed by atoms with Gasteiger partial charge in [0.1, 0.15) is 12.4 Å². The first-order valence-corrected chi connectivity index (χ1v) is 7.64. The summed E-state index contributed by atoms with van der Waals surface area (Å²) in [6.45, 7) is 4.13. The molecule has 0 radical (unpaired) electrons. The van der Waals surface area contributed by atoms with Crippen molar-refractivity contribution in [1.29, 1.82) is 0 Å². The largest absolute Gasteiger partial charge is 0.369 e. The summed E-state index contributed by atoms with van der Waals surface area (Å²) in [5, 5.41) is 2.85. The van der Waals surface area contributed by atoms with E-state index in [9.17, 15) is 4.79 Å². The third kappa shape index (κ3) is 3.24. The predicted molar refractivity (Wildman–Crippen MR) is 90.8 cm³/mol. The minimum absolute atomic E-state index is 0.146. The van der Waals surface area contributed by atoms with Gasteiger partial charge in [-0.15, -0.1) is 0 Å². The number of fused-ring (bicyclic) bond motifs is 1. The third-order valence-electron chi connectivity index (χ3n) is 3.65. The van der Waals surface area contributed by atoms with Gasteiger partial charge in [0.2, 0.25) is 0 Å². The number of amides is 1. The molecule has 5 heteroatoms. The van der Waals surface area contributed by atoms with Crippen LogP contribution in [0.1, 0.15) is 13.8 Å². The number of rotatable bonds is 5. The van der Waals surface area contributed by atoms with Gasteiger partial charge in [-0.2, -0.15) is 0 Å². The number of carbonyl (C=O) groups is 1. The van der Waals surface area contributed by atoms with Crippen LogP contribution >= 0.6 is 0 Å². The Hall–Kier alpha value is -2.66. The van der Waals surface area contributed by atoms with Crippen LogP contribution in [0.4, 0.5) is 5.69 Å². The Balaban J connectivity index is 1.78. The topological polar surface area (TPSA) is 56.1 Å². The Morgan fingerprint density at radius 2 is 1.96 bits per heavy atom. The van der Waals surface area contributed by atoms with Crippen LogP contribution in [0, 0.1) is 0 Å². The van der Waals surface area contributed by atoms with Crippen molar-refractivity contribution in [3.8, 4) is 5.69 Å². The summed E-state index contributed by atoms with van der Waals surface area (Å²) in [7, 11) is 0. The molecule has 3 rings (SSSR count). The lowest BCUT2D eigenvalue weighted by Gasteiger charge is -2.12. The molecule has 1 heterocycles. The third-order valence-corrected chi connectivity index (χ3v) is 3.65. The molecule has 2 aromatic carbocycles. The monoisotopic (exact) mass is 309 g/mol. The van der Waals surface area contributed by atoms with E-state index in [4.69, 9.17) is 4.74 Å². The zero-order valence-corrected chi connectivity index (χ0v) is 13.2. The summed E-state index contributed by atoms with van der Waals surface area (Å²) in [6, 6.07) is 15.6. The molecular weight excluding hydrogens is 290 g/mol. The number of para-hydroxylation sites is 2. The zero-order chi connectivity index (χ0) is 16.2. The van der Waals surface area contributed by atoms with Crippen molar-refractivity contribution in [3.05, 3.63) is 54.9 Å². The Bertz CT molecular complexity index is 809. The molecule has 0 saturated carbocycles. The van der Waals surface area contributed by atoms with E-state index >= 15 is 0 Å². The fourth-order valence-electron chi connectivity index (χ4n) is 2.44. The van der Waals surface area contributed by atoms with Crippen molar-refractivity contribution in [1.82, 2.24) is 9.55 Å². The zero-order valence-electron chi connectivity index (χ0n) is 13.2. The number of benzene rings is 2. The molecule has 0 saturated heterocycles. The molecule has 0 aliphatic carbocycles. The standard InChI is InChI=1S/C18H19N3O2/c1-3-23-13(2)18(22)20-14-8-10-15(11-9-14)21-12-19-16-6-4-5-7-17(16)21/h4-13H,3H2,1-2H3,(H,20,22)/t13-/m0/s1. The fourth-order valence-corrected chi connectivity index (χ4v) is 2.44. The molecule has 0 aliphatic rings. The second-order valence-corrected chi connectivity index (χ2v) is 5.24. The van der Waals surface area contributed by atoms with Gasteiger partial charge in [-0.05, 0) is 50.2 Å². The van der Waals surface area contributed by atoms with Crippen molar-refractivity contribution in [3.63, 3.8) is 0 Å². The van der Waals surface area contributed by atoms with Crippen LogP contribution in [0.5, 0.6) is 0 Å². The lowest BCUT2D eigenvalue weighted by atomic mass is 10.2. The second kappa shape index (κ2) is 6.62. The normalized spacial score (nSPS) is 12.3. The van der Waals surface area contributed by atoms with Gasteiger partial charge in [0.05, 0.1) is 11.0 Å². The van der Waals surface area contributed by atoms with Crippen molar-refractivity contribution in [2.75, 3.05) is 11.9 Å². The Morgan fingerprint density at radius 1 is 1.22 bits per heavy atom. The van der Waals surface area contributed by atoms with Crippen LogP contribution in [0.3, 0.4) is 0 Å². The van der Waals surface area contributed by atoms with Gasteiger partial charge in [0, 0.05) is 18.0 Å². The minimum atomic E-state index is -0.461. The first-order valence-electron chi connectivity index (χ1n) is 7.64. The first kappa shape index (κ1) is 15.2. The number of nitrogens with zero attached hydrogens (tertiary/aromatic N) is 2. The summed E-state index contributed by atoms with van der Waals surface area (Å²) in [6.07, 6.45) is 1.34. The summed E-state index contributed by atoms with van der Waals surface area (Å²) in [5.74, 6) is -0.146. The van der Waals surface area contributed by atoms with Crippen LogP contribution in [0.25, 0.3) is 16.7 Å². The Morgan fingerprint density at radius 3 is 2.70 bits per heavy atom. The molecule has 3 aromatic rings. The smallest absolute Gasteiger partial charge is 0.253 e. The van der Waals surface area contributed by atoms with Crippen molar-refractivity contribution in [2.45, 2.75) is 20.0 Å². The SMILES string of the molecule is CCO[C@@H](C)C(=O)Nc1ccc(-n2cnc3ccccc32)cc1. The average Bonchev–Trinajstić information content (AvgIpc) is 3.00. The maximum atomic E-state index is 11.9. The highest BCUT2D eigenvalue weighted by atomic mass is 16.5. The molecular formula is C18H19N3O2. The van der Waals surface area contributed by atoms with Gasteiger partial charge >= 0.3 is 0 Å². The van der Waals surface area contributed by atoms with E-state index in [0.717, 1.165) is 22.4 Å². The van der Waals surface area contributed by atoms with E-state index in [2.05, 4.69) is 10.3 Å². The summed E-state index contributed by atoms with van der Waals surface area (Å²) < 4.78 is 7.30. The summed E-state index contributed by atoms with van der Waals surface area (Å²) in [5.41, 5.74) is 3.74. The van der Waals surface area contributed by atoms with E-state index in [-0.39, 0.29) is 5.91 Å². The molecule has 118 valence electrons. The van der Waals surface area contributed by atoms with Gasteiger partial charge in [-0.1, -0.05) is 12.1 Å². The number of hydrogen-bond acceptors (Lipinski definition) is 3. The number of imidazole rings is 1. The quantitative estimate of drug-likeness (QED) is 0.786. The predicted octanol–water partition coefficient (Wildman–Crippen LogP) is 3.39. The highest BCUT2D eigenvalue weighted by molar-refractivity contribution is 5.94. The average molecular weight is 309 g/mol. The van der Waals surface area contributed by atoms with Crippen LogP contribution in [0.2, 0.25) is 0 Å². The lowest BCUT2D eigenvalue weighted by molar-refractivity contribution is -0.126. The molecule has 23 heavy (non-hydrogen) atoms. The van der Waals surface area contributed by atoms with E-state index in [1.54, 1.807) is 13.3 Å². The maximum Gasteiger partial charge on any atom is 0.253 e. The number of aromatic nitrogens is 2. The van der Waals surface area contributed by atoms with Crippen LogP contribution in [-0.2, 0) is 9.53 Å². The molecule has 0 unspecified atom stereocenters. The lowest BCUT2D eigenvalue weighted by Crippen LogP contribution is -2.27. The van der Waals surface area contributed by atoms with Crippen LogP contribution in [0.15, 0.2) is 54.9 Å². The van der Waals surface area contributed by atoms with Crippen molar-refractivity contribution < 1.29 is 9.53 Å². The molecule has 0 bridgehead atoms. The molecule has 0 spiro atoms. The van der Waals surface area contributed by atoms with E-state index in [0.29, 0.717) is 6.61 Å². The van der Waals surface area contributed by atoms with Gasteiger partial charge in [-0.25, -0.2) is 4.98 Å². The summed E-state index contributed by atoms with van der Waals surface area (Å²) >= 11 is 0. The molecule has 5 nitrogen and oxygen atoms in total. The number of ether oxygens (including phenoxy) is 1. The van der Waals surface area contributed by atoms with E-state index in [1.165, 1.54) is 0 Å². The van der Waals surface area contributed by atoms with Gasteiger partial charge in [-0.3, -0.25) is 9.36 Å². The van der Waals surface area contributed by atoms with Crippen LogP contribution in [-0.4, -0.2) is 28.2 Å². The second-order valence-electron chi connectivity index (χ2n) is 5.24. The van der Waals surface area contributed by atoms with E-state index < -0.39 is 6.10 Å². The minimum Gasteiger partial charge on any atom is -0.369 e. The Labute approximate surface area is 134 Å². The number of carbonyl (C=O) groups excluding carboxylic acids is 1. The van der Waals surface area contributed by atoms with Gasteiger partial charge < -0.3 is 10.1 Å². The Kier molecular flexibility index (Phi) is 4.39. The first-order chi connectivity index (χ1) is 11.2. The molecule has 1 aromatic heterocycles. The highest BCUT2D eigenvalue weighted by Gasteiger charge is 2.12. The summed E-state index contributed by atoms with van der Waals surface area (Å²) in [4.78, 5) is 16.3. The molecule has 1 N–H and O–H groups in total. The highest BCUT2D eigenvalue weighted by Crippen LogP contribution is 2.19. The molecule has 0 aliphatic heterocycles. The van der Waals surface area contributed by atoms with Crippen LogP contribution < -0.4 is 5.32 Å². The molecule has 0 fully saturated rings. The van der Waals surface area contributed by atoms with Crippen molar-refractivity contribution in [2.24, 2.45) is 0 Å². The molecule has 1 amide bonds. The fraction of sp³-hybridized carbons (Fsp3) is 0.222. The van der Waals surface area contributed by atoms with Crippen molar-refractivity contribution >= 4 is 22.6 Å².